The molecule has 3 N–H and O–H groups in total. The number of nitrogens with one attached hydrogen (secondary N) is 3. The highest BCUT2D eigenvalue weighted by molar-refractivity contribution is 7.88. The lowest BCUT2D eigenvalue weighted by atomic mass is 10.0. The lowest BCUT2D eigenvalue weighted by molar-refractivity contribution is -0.128. The van der Waals surface area contributed by atoms with E-state index in [1.54, 1.807) is 0 Å². The maximum absolute atomic E-state index is 12.9. The Morgan fingerprint density at radius 2 is 2.03 bits per heavy atom. The number of carbonyl (C=O) groups is 2. The zero-order valence-corrected chi connectivity index (χ0v) is 19.8. The van der Waals surface area contributed by atoms with Gasteiger partial charge in [0.25, 0.3) is 0 Å². The molecule has 2 fully saturated rings. The van der Waals surface area contributed by atoms with Crippen LogP contribution >= 0.6 is 0 Å². The first-order valence-corrected chi connectivity index (χ1v) is 12.9. The number of aromatic nitrogens is 1. The van der Waals surface area contributed by atoms with E-state index in [4.69, 9.17) is 4.52 Å². The summed E-state index contributed by atoms with van der Waals surface area (Å²) in [5.74, 6) is 0.256. The summed E-state index contributed by atoms with van der Waals surface area (Å²) < 4.78 is 30.5. The summed E-state index contributed by atoms with van der Waals surface area (Å²) in [7, 11) is -3.26. The average molecular weight is 476 g/mol. The predicted molar refractivity (Wildman–Crippen MR) is 124 cm³/mol. The first kappa shape index (κ1) is 23.2. The monoisotopic (exact) mass is 475 g/mol. The number of carbonyl (C=O) groups excluding carboxylic acids is 2. The third-order valence-electron chi connectivity index (χ3n) is 6.13. The fourth-order valence-corrected chi connectivity index (χ4v) is 5.30. The maximum Gasteiger partial charge on any atom is 0.247 e. The Morgan fingerprint density at radius 3 is 2.67 bits per heavy atom. The number of hydrogen-bond acceptors (Lipinski definition) is 7. The molecule has 0 bridgehead atoms. The molecule has 2 atom stereocenters. The Morgan fingerprint density at radius 1 is 1.24 bits per heavy atom. The topological polar surface area (TPSA) is 134 Å². The largest absolute Gasteiger partial charge is 0.379 e. The summed E-state index contributed by atoms with van der Waals surface area (Å²) in [5.41, 5.74) is 3.66. The van der Waals surface area contributed by atoms with Crippen LogP contribution in [-0.4, -0.2) is 61.1 Å². The van der Waals surface area contributed by atoms with Gasteiger partial charge in [-0.25, -0.2) is 12.7 Å². The molecule has 0 aliphatic carbocycles. The van der Waals surface area contributed by atoms with Crippen LogP contribution in [-0.2, 0) is 19.6 Å². The van der Waals surface area contributed by atoms with Gasteiger partial charge in [0.1, 0.15) is 11.8 Å². The van der Waals surface area contributed by atoms with Crippen molar-refractivity contribution in [2.24, 2.45) is 0 Å². The first-order valence-electron chi connectivity index (χ1n) is 11.0. The van der Waals surface area contributed by atoms with E-state index in [0.29, 0.717) is 55.9 Å². The molecule has 2 aliphatic heterocycles. The quantitative estimate of drug-likeness (QED) is 0.582. The molecule has 1 aromatic heterocycles. The Bertz CT molecular complexity index is 1160. The van der Waals surface area contributed by atoms with Crippen LogP contribution in [0.25, 0.3) is 11.1 Å². The van der Waals surface area contributed by atoms with Crippen molar-refractivity contribution in [2.75, 3.05) is 30.0 Å². The summed E-state index contributed by atoms with van der Waals surface area (Å²) in [4.78, 5) is 24.7. The van der Waals surface area contributed by atoms with Crippen molar-refractivity contribution in [3.05, 3.63) is 29.7 Å². The normalized spacial score (nSPS) is 21.6. The molecule has 0 radical (unpaired) electrons. The molecule has 33 heavy (non-hydrogen) atoms. The molecule has 3 heterocycles. The standard InChI is InChI=1S/C22H29N5O5S/c1-13-21(14(2)32-26-13)15-7-8-17(23-16-9-10-27(12-16)33(3,30)31)19(11-15)25-22(29)18-5-4-6-20(28)24-18/h7-8,11,16,18,23H,4-6,9-10,12H2,1-3H3,(H,24,28)(H,25,29)/t16-,18?/m1/s1. The van der Waals surface area contributed by atoms with E-state index < -0.39 is 16.1 Å². The lowest BCUT2D eigenvalue weighted by Gasteiger charge is -2.24. The Hall–Kier alpha value is -2.92. The fourth-order valence-electron chi connectivity index (χ4n) is 4.41. The van der Waals surface area contributed by atoms with E-state index in [-0.39, 0.29) is 17.9 Å². The minimum absolute atomic E-state index is 0.0883. The molecule has 2 saturated heterocycles. The van der Waals surface area contributed by atoms with Crippen LogP contribution in [0.3, 0.4) is 0 Å². The number of amides is 2. The number of nitrogens with zero attached hydrogens (tertiary/aromatic N) is 2. The molecule has 4 rings (SSSR count). The molecule has 10 nitrogen and oxygen atoms in total. The van der Waals surface area contributed by atoms with Crippen molar-refractivity contribution in [3.63, 3.8) is 0 Å². The van der Waals surface area contributed by atoms with E-state index >= 15 is 0 Å². The van der Waals surface area contributed by atoms with Crippen LogP contribution in [0.4, 0.5) is 11.4 Å². The summed E-state index contributed by atoms with van der Waals surface area (Å²) in [6.45, 7) is 4.49. The molecule has 1 aromatic carbocycles. The minimum atomic E-state index is -3.26. The second kappa shape index (κ2) is 9.14. The van der Waals surface area contributed by atoms with Crippen LogP contribution in [0.1, 0.15) is 37.1 Å². The Balaban J connectivity index is 1.61. The molecule has 0 saturated carbocycles. The van der Waals surface area contributed by atoms with Gasteiger partial charge in [-0.05, 0) is 50.8 Å². The number of rotatable bonds is 6. The van der Waals surface area contributed by atoms with Gasteiger partial charge in [-0.15, -0.1) is 0 Å². The Kier molecular flexibility index (Phi) is 6.44. The smallest absolute Gasteiger partial charge is 0.247 e. The SMILES string of the molecule is Cc1noc(C)c1-c1ccc(N[C@@H]2CCN(S(C)(=O)=O)C2)c(NC(=O)C2CCCC(=O)N2)c1. The van der Waals surface area contributed by atoms with Crippen LogP contribution in [0, 0.1) is 13.8 Å². The lowest BCUT2D eigenvalue weighted by Crippen LogP contribution is -2.46. The number of aryl methyl sites for hydroxylation is 2. The van der Waals surface area contributed by atoms with Gasteiger partial charge in [0, 0.05) is 31.1 Å². The summed E-state index contributed by atoms with van der Waals surface area (Å²) in [5, 5.41) is 13.1. The third kappa shape index (κ3) is 5.19. The van der Waals surface area contributed by atoms with Gasteiger partial charge in [0.2, 0.25) is 21.8 Å². The van der Waals surface area contributed by atoms with Crippen LogP contribution in [0.2, 0.25) is 0 Å². The zero-order valence-electron chi connectivity index (χ0n) is 19.0. The molecule has 2 aromatic rings. The summed E-state index contributed by atoms with van der Waals surface area (Å²) >= 11 is 0. The van der Waals surface area contributed by atoms with E-state index in [2.05, 4.69) is 21.1 Å². The van der Waals surface area contributed by atoms with Gasteiger partial charge in [0.05, 0.1) is 23.3 Å². The molecule has 178 valence electrons. The highest BCUT2D eigenvalue weighted by Crippen LogP contribution is 2.34. The highest BCUT2D eigenvalue weighted by Gasteiger charge is 2.30. The average Bonchev–Trinajstić information content (AvgIpc) is 3.36. The van der Waals surface area contributed by atoms with E-state index in [9.17, 15) is 18.0 Å². The van der Waals surface area contributed by atoms with Crippen molar-refractivity contribution in [3.8, 4) is 11.1 Å². The fraction of sp³-hybridized carbons (Fsp3) is 0.500. The van der Waals surface area contributed by atoms with Crippen molar-refractivity contribution in [2.45, 2.75) is 51.6 Å². The molecule has 0 spiro atoms. The highest BCUT2D eigenvalue weighted by atomic mass is 32.2. The number of sulfonamides is 1. The minimum Gasteiger partial charge on any atom is -0.379 e. The number of anilines is 2. The van der Waals surface area contributed by atoms with Gasteiger partial charge < -0.3 is 20.5 Å². The molecule has 1 unspecified atom stereocenters. The zero-order chi connectivity index (χ0) is 23.8. The van der Waals surface area contributed by atoms with Crippen LogP contribution in [0.15, 0.2) is 22.7 Å². The number of benzene rings is 1. The van der Waals surface area contributed by atoms with Gasteiger partial charge in [-0.1, -0.05) is 11.2 Å². The number of piperidine rings is 1. The molecule has 2 amide bonds. The van der Waals surface area contributed by atoms with E-state index in [0.717, 1.165) is 16.8 Å². The molecular formula is C22H29N5O5S. The van der Waals surface area contributed by atoms with E-state index in [1.807, 2.05) is 32.0 Å². The van der Waals surface area contributed by atoms with Gasteiger partial charge in [-0.2, -0.15) is 0 Å². The van der Waals surface area contributed by atoms with Gasteiger partial charge in [0.15, 0.2) is 0 Å². The van der Waals surface area contributed by atoms with Crippen molar-refractivity contribution >= 4 is 33.2 Å². The second-order valence-electron chi connectivity index (χ2n) is 8.71. The summed E-state index contributed by atoms with van der Waals surface area (Å²) in [6.07, 6.45) is 3.53. The van der Waals surface area contributed by atoms with Gasteiger partial charge >= 0.3 is 0 Å². The predicted octanol–water partition coefficient (Wildman–Crippen LogP) is 2.01. The number of hydrogen-bond donors (Lipinski definition) is 3. The van der Waals surface area contributed by atoms with Crippen LogP contribution in [0.5, 0.6) is 0 Å². The van der Waals surface area contributed by atoms with Crippen molar-refractivity contribution < 1.29 is 22.5 Å². The van der Waals surface area contributed by atoms with E-state index in [1.165, 1.54) is 10.6 Å². The second-order valence-corrected chi connectivity index (χ2v) is 10.7. The molecular weight excluding hydrogens is 446 g/mol. The molecule has 11 heteroatoms. The Labute approximate surface area is 193 Å². The third-order valence-corrected chi connectivity index (χ3v) is 7.40. The molecule has 2 aliphatic rings. The van der Waals surface area contributed by atoms with Crippen molar-refractivity contribution in [1.29, 1.82) is 0 Å². The first-order chi connectivity index (χ1) is 15.6. The van der Waals surface area contributed by atoms with Gasteiger partial charge in [-0.3, -0.25) is 9.59 Å². The van der Waals surface area contributed by atoms with Crippen LogP contribution < -0.4 is 16.0 Å². The van der Waals surface area contributed by atoms with Crippen molar-refractivity contribution in [1.82, 2.24) is 14.8 Å². The summed E-state index contributed by atoms with van der Waals surface area (Å²) in [6, 6.07) is 4.94. The maximum atomic E-state index is 12.9.